The van der Waals surface area contributed by atoms with Gasteiger partial charge in [0.05, 0.1) is 18.6 Å². The van der Waals surface area contributed by atoms with Gasteiger partial charge in [-0.3, -0.25) is 4.79 Å². The van der Waals surface area contributed by atoms with E-state index in [1.165, 1.54) is 12.1 Å². The van der Waals surface area contributed by atoms with Gasteiger partial charge in [0, 0.05) is 50.9 Å². The van der Waals surface area contributed by atoms with E-state index in [1.807, 2.05) is 52.1 Å². The van der Waals surface area contributed by atoms with Crippen LogP contribution in [0.25, 0.3) is 6.08 Å². The largest absolute Gasteiger partial charge is 0.457 e. The molecule has 10 heteroatoms. The fourth-order valence-electron chi connectivity index (χ4n) is 5.96. The van der Waals surface area contributed by atoms with Crippen molar-refractivity contribution in [1.29, 1.82) is 0 Å². The molecule has 4 rings (SSSR count). The monoisotopic (exact) mass is 601 g/mol. The molecule has 5 atom stereocenters. The third-order valence-corrected chi connectivity index (χ3v) is 8.83. The number of piperidine rings is 1. The molecular weight excluding hydrogens is 553 g/mol. The number of carbonyl (C=O) groups excluding carboxylic acids is 2. The van der Waals surface area contributed by atoms with Crippen molar-refractivity contribution < 1.29 is 33.7 Å². The van der Waals surface area contributed by atoms with Crippen molar-refractivity contribution >= 4 is 23.8 Å². The number of aliphatic hydroxyl groups is 2. The molecule has 1 amide bonds. The lowest BCUT2D eigenvalue weighted by Crippen LogP contribution is -2.48. The molecule has 0 spiro atoms. The Morgan fingerprint density at radius 1 is 0.977 bits per heavy atom. The van der Waals surface area contributed by atoms with Gasteiger partial charge in [0.1, 0.15) is 18.0 Å². The second kappa shape index (κ2) is 15.2. The maximum absolute atomic E-state index is 14.7. The Kier molecular flexibility index (Phi) is 11.6. The quantitative estimate of drug-likeness (QED) is 0.391. The van der Waals surface area contributed by atoms with Crippen molar-refractivity contribution in [3.8, 4) is 0 Å². The number of likely N-dealkylation sites (N-methyl/N-ethyl adjacent to an activating group) is 1. The molecule has 3 aliphatic heterocycles. The van der Waals surface area contributed by atoms with Gasteiger partial charge in [0.2, 0.25) is 0 Å². The van der Waals surface area contributed by atoms with Crippen LogP contribution in [-0.2, 0) is 14.3 Å². The van der Waals surface area contributed by atoms with Gasteiger partial charge in [0.15, 0.2) is 0 Å². The number of nitrogens with zero attached hydrogens (tertiary/aromatic N) is 3. The summed E-state index contributed by atoms with van der Waals surface area (Å²) in [5, 5.41) is 20.5. The minimum absolute atomic E-state index is 0.0679. The average molecular weight is 602 g/mol. The fraction of sp³-hybridized carbons (Fsp3) is 0.636. The van der Waals surface area contributed by atoms with Crippen LogP contribution in [0.5, 0.6) is 0 Å². The zero-order valence-corrected chi connectivity index (χ0v) is 26.0. The number of esters is 1. The van der Waals surface area contributed by atoms with Crippen LogP contribution in [-0.4, -0.2) is 103 Å². The standard InChI is InChI=1S/C33H48FN3O6/c1-22-5-7-29(39)21-31(40)43-32(23(2)6-8-30(22)42-33(41)37-15-13-35(4)14-16-37)24(3)17-25-18-26(34)20-27(19-25)36-11-9-28(38)10-12-36/h6,8,17-20,22-23,28-30,32,38-39H,5,7,9-16,21H2,1-4H3/b8-6+,24-17+/t22-,23-,29+,30+,32-/m0/s1. The van der Waals surface area contributed by atoms with Gasteiger partial charge in [-0.15, -0.1) is 0 Å². The Morgan fingerprint density at radius 2 is 1.67 bits per heavy atom. The zero-order valence-electron chi connectivity index (χ0n) is 26.0. The molecule has 3 aliphatic rings. The molecule has 1 aromatic carbocycles. The fourth-order valence-corrected chi connectivity index (χ4v) is 5.96. The van der Waals surface area contributed by atoms with Crippen LogP contribution in [0.3, 0.4) is 0 Å². The Balaban J connectivity index is 1.55. The van der Waals surface area contributed by atoms with Gasteiger partial charge >= 0.3 is 12.1 Å². The van der Waals surface area contributed by atoms with Crippen LogP contribution in [0.2, 0.25) is 0 Å². The van der Waals surface area contributed by atoms with Crippen molar-refractivity contribution in [2.75, 3.05) is 51.2 Å². The summed E-state index contributed by atoms with van der Waals surface area (Å²) < 4.78 is 26.6. The molecular formula is C33H48FN3O6. The molecule has 238 valence electrons. The van der Waals surface area contributed by atoms with Crippen LogP contribution in [0.1, 0.15) is 58.4 Å². The molecule has 0 unspecified atom stereocenters. The predicted octanol–water partition coefficient (Wildman–Crippen LogP) is 4.23. The summed E-state index contributed by atoms with van der Waals surface area (Å²) in [6.07, 6.45) is 4.99. The van der Waals surface area contributed by atoms with E-state index in [4.69, 9.17) is 9.47 Å². The minimum atomic E-state index is -0.874. The van der Waals surface area contributed by atoms with Gasteiger partial charge in [-0.1, -0.05) is 26.0 Å². The van der Waals surface area contributed by atoms with E-state index in [9.17, 15) is 24.2 Å². The van der Waals surface area contributed by atoms with E-state index in [2.05, 4.69) is 9.80 Å². The van der Waals surface area contributed by atoms with E-state index >= 15 is 0 Å². The maximum atomic E-state index is 14.7. The molecule has 0 bridgehead atoms. The molecule has 0 aromatic heterocycles. The number of hydrogen-bond donors (Lipinski definition) is 2. The second-order valence-electron chi connectivity index (χ2n) is 12.6. The number of amides is 1. The topological polar surface area (TPSA) is 103 Å². The van der Waals surface area contributed by atoms with E-state index < -0.39 is 24.3 Å². The highest BCUT2D eigenvalue weighted by Gasteiger charge is 2.29. The van der Waals surface area contributed by atoms with E-state index in [1.54, 1.807) is 4.90 Å². The number of anilines is 1. The number of hydrogen-bond acceptors (Lipinski definition) is 8. The predicted molar refractivity (Wildman–Crippen MR) is 164 cm³/mol. The highest BCUT2D eigenvalue weighted by Crippen LogP contribution is 2.28. The highest BCUT2D eigenvalue weighted by atomic mass is 19.1. The third-order valence-electron chi connectivity index (χ3n) is 8.83. The summed E-state index contributed by atoms with van der Waals surface area (Å²) in [4.78, 5) is 31.8. The van der Waals surface area contributed by atoms with Crippen molar-refractivity contribution in [3.63, 3.8) is 0 Å². The van der Waals surface area contributed by atoms with Crippen LogP contribution in [0, 0.1) is 17.7 Å². The second-order valence-corrected chi connectivity index (χ2v) is 12.6. The van der Waals surface area contributed by atoms with Gasteiger partial charge in [-0.25, -0.2) is 9.18 Å². The highest BCUT2D eigenvalue weighted by molar-refractivity contribution is 5.71. The van der Waals surface area contributed by atoms with Gasteiger partial charge in [-0.2, -0.15) is 0 Å². The normalized spacial score (nSPS) is 29.8. The zero-order chi connectivity index (χ0) is 31.1. The number of rotatable bonds is 4. The van der Waals surface area contributed by atoms with Crippen molar-refractivity contribution in [1.82, 2.24) is 9.80 Å². The molecule has 0 aliphatic carbocycles. The lowest BCUT2D eigenvalue weighted by Gasteiger charge is -2.33. The summed E-state index contributed by atoms with van der Waals surface area (Å²) in [5.74, 6) is -1.22. The summed E-state index contributed by atoms with van der Waals surface area (Å²) >= 11 is 0. The maximum Gasteiger partial charge on any atom is 0.410 e. The summed E-state index contributed by atoms with van der Waals surface area (Å²) in [5.41, 5.74) is 2.11. The third kappa shape index (κ3) is 9.52. The van der Waals surface area contributed by atoms with Crippen molar-refractivity contribution in [2.45, 2.75) is 77.3 Å². The smallest absolute Gasteiger partial charge is 0.410 e. The lowest BCUT2D eigenvalue weighted by atomic mass is 9.91. The molecule has 2 N–H and O–H groups in total. The molecule has 43 heavy (non-hydrogen) atoms. The average Bonchev–Trinajstić information content (AvgIpc) is 2.96. The molecule has 1 aromatic rings. The molecule has 0 saturated carbocycles. The summed E-state index contributed by atoms with van der Waals surface area (Å²) in [6.45, 7) is 9.86. The minimum Gasteiger partial charge on any atom is -0.457 e. The number of aliphatic hydroxyl groups excluding tert-OH is 2. The summed E-state index contributed by atoms with van der Waals surface area (Å²) in [6, 6.07) is 4.85. The van der Waals surface area contributed by atoms with Gasteiger partial charge < -0.3 is 34.4 Å². The van der Waals surface area contributed by atoms with Crippen molar-refractivity contribution in [3.05, 3.63) is 47.3 Å². The molecule has 3 heterocycles. The van der Waals surface area contributed by atoms with Crippen LogP contribution >= 0.6 is 0 Å². The number of ether oxygens (including phenoxy) is 2. The van der Waals surface area contributed by atoms with Crippen LogP contribution in [0.4, 0.5) is 14.9 Å². The first-order valence-corrected chi connectivity index (χ1v) is 15.6. The number of carbonyl (C=O) groups is 2. The molecule has 2 saturated heterocycles. The Hall–Kier alpha value is -2.95. The van der Waals surface area contributed by atoms with Crippen LogP contribution < -0.4 is 4.90 Å². The Labute approximate surface area is 254 Å². The Morgan fingerprint density at radius 3 is 2.37 bits per heavy atom. The molecule has 0 radical (unpaired) electrons. The first-order valence-electron chi connectivity index (χ1n) is 15.6. The number of benzene rings is 1. The summed E-state index contributed by atoms with van der Waals surface area (Å²) in [7, 11) is 2.03. The molecule has 9 nitrogen and oxygen atoms in total. The SMILES string of the molecule is C/C(=C\c1cc(F)cc(N2CCC(O)CC2)c1)[C@H]1OC(=O)C[C@H](O)CC[C@H](C)[C@H](OC(=O)N2CCN(C)CC2)/C=C/[C@@H]1C. The van der Waals surface area contributed by atoms with Gasteiger partial charge in [-0.05, 0) is 81.0 Å². The number of halogens is 1. The molecule has 2 fully saturated rings. The lowest BCUT2D eigenvalue weighted by molar-refractivity contribution is -0.151. The van der Waals surface area contributed by atoms with Gasteiger partial charge in [0.25, 0.3) is 0 Å². The number of piperazine rings is 1. The van der Waals surface area contributed by atoms with E-state index in [0.717, 1.165) is 24.4 Å². The first-order chi connectivity index (χ1) is 20.5. The van der Waals surface area contributed by atoms with Crippen LogP contribution in [0.15, 0.2) is 35.9 Å². The number of cyclic esters (lactones) is 1. The van der Waals surface area contributed by atoms with Crippen molar-refractivity contribution in [2.24, 2.45) is 11.8 Å². The van der Waals surface area contributed by atoms with E-state index in [0.29, 0.717) is 57.4 Å². The Bertz CT molecular complexity index is 1160. The van der Waals surface area contributed by atoms with E-state index in [-0.39, 0.29) is 36.3 Å². The first kappa shape index (κ1) is 33.0.